The van der Waals surface area contributed by atoms with Crippen LogP contribution in [0.4, 0.5) is 13.2 Å². The lowest BCUT2D eigenvalue weighted by Crippen LogP contribution is -2.42. The molecule has 0 spiro atoms. The average molecular weight is 292 g/mol. The summed E-state index contributed by atoms with van der Waals surface area (Å²) >= 11 is 0. The van der Waals surface area contributed by atoms with Crippen molar-refractivity contribution in [3.63, 3.8) is 0 Å². The molecule has 0 bridgehead atoms. The Labute approximate surface area is 116 Å². The number of aliphatic hydroxyl groups excluding tert-OH is 1. The molecule has 0 saturated heterocycles. The van der Waals surface area contributed by atoms with Crippen LogP contribution in [0, 0.1) is 0 Å². The molecule has 2 unspecified atom stereocenters. The summed E-state index contributed by atoms with van der Waals surface area (Å²) in [6, 6.07) is 5.45. The van der Waals surface area contributed by atoms with Gasteiger partial charge in [0.25, 0.3) is 0 Å². The molecule has 0 aromatic heterocycles. The van der Waals surface area contributed by atoms with Crippen molar-refractivity contribution < 1.29 is 27.8 Å². The van der Waals surface area contributed by atoms with Crippen LogP contribution in [0.1, 0.15) is 25.8 Å². The van der Waals surface area contributed by atoms with Gasteiger partial charge in [-0.1, -0.05) is 19.1 Å². The Balaban J connectivity index is 2.70. The maximum atomic E-state index is 12.0. The van der Waals surface area contributed by atoms with Crippen LogP contribution in [0.15, 0.2) is 24.3 Å². The Bertz CT molecular complexity index is 411. The van der Waals surface area contributed by atoms with E-state index >= 15 is 0 Å². The molecule has 0 aliphatic rings. The highest BCUT2D eigenvalue weighted by Gasteiger charge is 2.32. The van der Waals surface area contributed by atoms with Crippen LogP contribution in [0.2, 0.25) is 0 Å². The Morgan fingerprint density at radius 2 is 1.75 bits per heavy atom. The number of benzene rings is 1. The third-order valence-corrected chi connectivity index (χ3v) is 3.46. The summed E-state index contributed by atoms with van der Waals surface area (Å²) in [5, 5.41) is 10.1. The molecule has 1 rings (SSSR count). The molecule has 2 atom stereocenters. The molecular weight excluding hydrogens is 273 g/mol. The Morgan fingerprint density at radius 1 is 1.20 bits per heavy atom. The van der Waals surface area contributed by atoms with Gasteiger partial charge in [-0.15, -0.1) is 13.2 Å². The van der Waals surface area contributed by atoms with Crippen molar-refractivity contribution >= 4 is 0 Å². The Morgan fingerprint density at radius 3 is 2.15 bits per heavy atom. The standard InChI is InChI=1S/C14H19F3O3/c1-4-13(2,19-3)12(18)9-10-5-7-11(8-6-10)20-14(15,16)17/h5-8,12,18H,4,9H2,1-3H3. The number of rotatable bonds is 6. The predicted molar refractivity (Wildman–Crippen MR) is 68.5 cm³/mol. The normalized spacial score (nSPS) is 16.6. The smallest absolute Gasteiger partial charge is 0.406 e. The number of hydrogen-bond donors (Lipinski definition) is 1. The van der Waals surface area contributed by atoms with Crippen LogP contribution in [0.3, 0.4) is 0 Å². The van der Waals surface area contributed by atoms with Gasteiger partial charge in [-0.05, 0) is 31.0 Å². The Hall–Kier alpha value is -1.27. The molecule has 0 amide bonds. The van der Waals surface area contributed by atoms with E-state index in [4.69, 9.17) is 4.74 Å². The first-order chi connectivity index (χ1) is 9.20. The van der Waals surface area contributed by atoms with E-state index in [1.54, 1.807) is 6.92 Å². The molecule has 0 aliphatic carbocycles. The van der Waals surface area contributed by atoms with Gasteiger partial charge in [-0.2, -0.15) is 0 Å². The second-order valence-corrected chi connectivity index (χ2v) is 4.78. The van der Waals surface area contributed by atoms with E-state index in [0.29, 0.717) is 18.4 Å². The zero-order chi connectivity index (χ0) is 15.4. The minimum Gasteiger partial charge on any atom is -0.406 e. The van der Waals surface area contributed by atoms with Gasteiger partial charge in [0.2, 0.25) is 0 Å². The molecule has 3 nitrogen and oxygen atoms in total. The second kappa shape index (κ2) is 6.45. The lowest BCUT2D eigenvalue weighted by molar-refractivity contribution is -0.274. The van der Waals surface area contributed by atoms with E-state index in [-0.39, 0.29) is 5.75 Å². The number of ether oxygens (including phenoxy) is 2. The van der Waals surface area contributed by atoms with E-state index in [9.17, 15) is 18.3 Å². The minimum atomic E-state index is -4.70. The van der Waals surface area contributed by atoms with Gasteiger partial charge >= 0.3 is 6.36 Å². The van der Waals surface area contributed by atoms with E-state index in [2.05, 4.69) is 4.74 Å². The first kappa shape index (κ1) is 16.8. The van der Waals surface area contributed by atoms with Crippen LogP contribution in [0.25, 0.3) is 0 Å². The van der Waals surface area contributed by atoms with Gasteiger partial charge in [0.15, 0.2) is 0 Å². The highest BCUT2D eigenvalue weighted by molar-refractivity contribution is 5.28. The molecule has 114 valence electrons. The monoisotopic (exact) mass is 292 g/mol. The van der Waals surface area contributed by atoms with Gasteiger partial charge in [0, 0.05) is 13.5 Å². The molecular formula is C14H19F3O3. The van der Waals surface area contributed by atoms with Crippen molar-refractivity contribution in [2.24, 2.45) is 0 Å². The molecule has 0 saturated carbocycles. The largest absolute Gasteiger partial charge is 0.573 e. The van der Waals surface area contributed by atoms with E-state index in [1.807, 2.05) is 6.92 Å². The van der Waals surface area contributed by atoms with E-state index < -0.39 is 18.1 Å². The molecule has 0 fully saturated rings. The summed E-state index contributed by atoms with van der Waals surface area (Å²) in [6.07, 6.45) is -4.52. The molecule has 6 heteroatoms. The lowest BCUT2D eigenvalue weighted by Gasteiger charge is -2.32. The van der Waals surface area contributed by atoms with Crippen molar-refractivity contribution in [3.05, 3.63) is 29.8 Å². The predicted octanol–water partition coefficient (Wildman–Crippen LogP) is 3.30. The van der Waals surface area contributed by atoms with Gasteiger partial charge in [0.1, 0.15) is 5.75 Å². The minimum absolute atomic E-state index is 0.277. The molecule has 1 aromatic rings. The average Bonchev–Trinajstić information content (AvgIpc) is 2.38. The second-order valence-electron chi connectivity index (χ2n) is 4.78. The molecule has 1 N–H and O–H groups in total. The third-order valence-electron chi connectivity index (χ3n) is 3.46. The zero-order valence-electron chi connectivity index (χ0n) is 11.7. The van der Waals surface area contributed by atoms with Crippen molar-refractivity contribution in [1.82, 2.24) is 0 Å². The SMILES string of the molecule is CCC(C)(OC)C(O)Cc1ccc(OC(F)(F)F)cc1. The lowest BCUT2D eigenvalue weighted by atomic mass is 9.91. The molecule has 0 radical (unpaired) electrons. The fraction of sp³-hybridized carbons (Fsp3) is 0.571. The van der Waals surface area contributed by atoms with Gasteiger partial charge in [0.05, 0.1) is 11.7 Å². The summed E-state index contributed by atoms with van der Waals surface area (Å²) < 4.78 is 45.1. The van der Waals surface area contributed by atoms with Crippen molar-refractivity contribution in [3.8, 4) is 5.75 Å². The summed E-state index contributed by atoms with van der Waals surface area (Å²) in [6.45, 7) is 3.69. The Kier molecular flexibility index (Phi) is 5.42. The topological polar surface area (TPSA) is 38.7 Å². The van der Waals surface area contributed by atoms with Crippen molar-refractivity contribution in [2.75, 3.05) is 7.11 Å². The number of aliphatic hydroxyl groups is 1. The van der Waals surface area contributed by atoms with Crippen LogP contribution in [-0.2, 0) is 11.2 Å². The van der Waals surface area contributed by atoms with Gasteiger partial charge < -0.3 is 14.6 Å². The van der Waals surface area contributed by atoms with E-state index in [0.717, 1.165) is 0 Å². The fourth-order valence-corrected chi connectivity index (χ4v) is 1.78. The summed E-state index contributed by atoms with van der Waals surface area (Å²) in [5.41, 5.74) is 0.0324. The third kappa shape index (κ3) is 4.68. The van der Waals surface area contributed by atoms with Crippen molar-refractivity contribution in [1.29, 1.82) is 0 Å². The van der Waals surface area contributed by atoms with Crippen LogP contribution in [-0.4, -0.2) is 30.3 Å². The molecule has 1 aromatic carbocycles. The quantitative estimate of drug-likeness (QED) is 0.874. The number of halogens is 3. The molecule has 0 aliphatic heterocycles. The first-order valence-electron chi connectivity index (χ1n) is 6.28. The van der Waals surface area contributed by atoms with Gasteiger partial charge in [-0.3, -0.25) is 0 Å². The number of methoxy groups -OCH3 is 1. The number of alkyl halides is 3. The fourth-order valence-electron chi connectivity index (χ4n) is 1.78. The van der Waals surface area contributed by atoms with Crippen molar-refractivity contribution in [2.45, 2.75) is 44.8 Å². The summed E-state index contributed by atoms with van der Waals surface area (Å²) in [5.74, 6) is -0.277. The maximum Gasteiger partial charge on any atom is 0.573 e. The van der Waals surface area contributed by atoms with Crippen LogP contribution in [0.5, 0.6) is 5.75 Å². The highest BCUT2D eigenvalue weighted by Crippen LogP contribution is 2.25. The molecule has 20 heavy (non-hydrogen) atoms. The van der Waals surface area contributed by atoms with Gasteiger partial charge in [-0.25, -0.2) is 0 Å². The van der Waals surface area contributed by atoms with Crippen LogP contribution < -0.4 is 4.74 Å². The summed E-state index contributed by atoms with van der Waals surface area (Å²) in [7, 11) is 1.52. The number of hydrogen-bond acceptors (Lipinski definition) is 3. The maximum absolute atomic E-state index is 12.0. The van der Waals surface area contributed by atoms with E-state index in [1.165, 1.54) is 31.4 Å². The molecule has 0 heterocycles. The summed E-state index contributed by atoms with van der Waals surface area (Å²) in [4.78, 5) is 0. The highest BCUT2D eigenvalue weighted by atomic mass is 19.4. The van der Waals surface area contributed by atoms with Crippen LogP contribution >= 0.6 is 0 Å². The zero-order valence-corrected chi connectivity index (χ0v) is 11.7. The first-order valence-corrected chi connectivity index (χ1v) is 6.28.